The van der Waals surface area contributed by atoms with Crippen LogP contribution in [0.15, 0.2) is 17.1 Å². The Kier molecular flexibility index (Phi) is 3.00. The Balaban J connectivity index is 2.00. The maximum atomic E-state index is 4.49. The lowest BCUT2D eigenvalue weighted by atomic mass is 10.3. The van der Waals surface area contributed by atoms with Crippen molar-refractivity contribution in [2.24, 2.45) is 0 Å². The van der Waals surface area contributed by atoms with E-state index in [0.29, 0.717) is 12.5 Å². The van der Waals surface area contributed by atoms with Crippen molar-refractivity contribution in [3.63, 3.8) is 0 Å². The van der Waals surface area contributed by atoms with Crippen molar-refractivity contribution < 1.29 is 0 Å². The Morgan fingerprint density at radius 2 is 2.32 bits per heavy atom. The van der Waals surface area contributed by atoms with Gasteiger partial charge in [-0.05, 0) is 0 Å². The molecule has 0 atom stereocenters. The second-order valence-corrected chi connectivity index (χ2v) is 4.81. The maximum absolute atomic E-state index is 4.49. The van der Waals surface area contributed by atoms with Crippen molar-refractivity contribution >= 4 is 34.1 Å². The van der Waals surface area contributed by atoms with Crippen LogP contribution in [0, 0.1) is 0 Å². The van der Waals surface area contributed by atoms with E-state index in [1.807, 2.05) is 22.8 Å². The van der Waals surface area contributed by atoms with Gasteiger partial charge in [-0.1, -0.05) is 0 Å². The van der Waals surface area contributed by atoms with Gasteiger partial charge >= 0.3 is 0 Å². The fourth-order valence-electron chi connectivity index (χ4n) is 1.86. The predicted octanol–water partition coefficient (Wildman–Crippen LogP) is 1.49. The van der Waals surface area contributed by atoms with E-state index in [-0.39, 0.29) is 0 Å². The molecule has 0 bridgehead atoms. The SMILES string of the molecule is CNc1nc(N(C)Cc2cscn2)c2cn[nH]c2n1. The fourth-order valence-corrected chi connectivity index (χ4v) is 2.41. The highest BCUT2D eigenvalue weighted by Crippen LogP contribution is 2.23. The molecule has 98 valence electrons. The summed E-state index contributed by atoms with van der Waals surface area (Å²) in [6.07, 6.45) is 1.74. The molecule has 3 aromatic heterocycles. The first-order chi connectivity index (χ1) is 9.28. The number of hydrogen-bond donors (Lipinski definition) is 2. The number of anilines is 2. The zero-order valence-electron chi connectivity index (χ0n) is 10.6. The molecule has 0 unspecified atom stereocenters. The van der Waals surface area contributed by atoms with Gasteiger partial charge in [0.25, 0.3) is 0 Å². The van der Waals surface area contributed by atoms with Crippen molar-refractivity contribution in [2.75, 3.05) is 24.3 Å². The number of nitrogens with one attached hydrogen (secondary N) is 2. The number of thiazole rings is 1. The average molecular weight is 275 g/mol. The van der Waals surface area contributed by atoms with Crippen molar-refractivity contribution in [3.05, 3.63) is 22.8 Å². The quantitative estimate of drug-likeness (QED) is 0.750. The third-order valence-corrected chi connectivity index (χ3v) is 3.39. The summed E-state index contributed by atoms with van der Waals surface area (Å²) in [4.78, 5) is 15.1. The molecule has 0 saturated carbocycles. The first kappa shape index (κ1) is 11.8. The van der Waals surface area contributed by atoms with Crippen LogP contribution in [-0.2, 0) is 6.54 Å². The molecule has 0 saturated heterocycles. The molecule has 19 heavy (non-hydrogen) atoms. The highest BCUT2D eigenvalue weighted by atomic mass is 32.1. The largest absolute Gasteiger partial charge is 0.357 e. The van der Waals surface area contributed by atoms with Crippen LogP contribution < -0.4 is 10.2 Å². The van der Waals surface area contributed by atoms with Crippen LogP contribution in [-0.4, -0.2) is 39.2 Å². The Labute approximate surface area is 113 Å². The van der Waals surface area contributed by atoms with Gasteiger partial charge in [-0.2, -0.15) is 15.1 Å². The summed E-state index contributed by atoms with van der Waals surface area (Å²) in [5.41, 5.74) is 3.57. The van der Waals surface area contributed by atoms with E-state index in [0.717, 1.165) is 22.5 Å². The summed E-state index contributed by atoms with van der Waals surface area (Å²) in [6.45, 7) is 0.698. The van der Waals surface area contributed by atoms with E-state index in [1.165, 1.54) is 0 Å². The molecule has 3 heterocycles. The summed E-state index contributed by atoms with van der Waals surface area (Å²) in [5.74, 6) is 1.40. The number of nitrogens with zero attached hydrogens (tertiary/aromatic N) is 5. The number of fused-ring (bicyclic) bond motifs is 1. The second kappa shape index (κ2) is 4.81. The van der Waals surface area contributed by atoms with E-state index in [9.17, 15) is 0 Å². The van der Waals surface area contributed by atoms with Gasteiger partial charge in [0.15, 0.2) is 5.65 Å². The third-order valence-electron chi connectivity index (χ3n) is 2.76. The normalized spacial score (nSPS) is 10.8. The number of hydrogen-bond acceptors (Lipinski definition) is 7. The van der Waals surface area contributed by atoms with E-state index < -0.39 is 0 Å². The lowest BCUT2D eigenvalue weighted by molar-refractivity contribution is 0.877. The lowest BCUT2D eigenvalue weighted by Gasteiger charge is -2.18. The van der Waals surface area contributed by atoms with E-state index in [1.54, 1.807) is 24.6 Å². The average Bonchev–Trinajstić information content (AvgIpc) is 3.07. The minimum atomic E-state index is 0.567. The highest BCUT2D eigenvalue weighted by molar-refractivity contribution is 7.07. The predicted molar refractivity (Wildman–Crippen MR) is 75.5 cm³/mol. The monoisotopic (exact) mass is 275 g/mol. The topological polar surface area (TPSA) is 82.6 Å². The van der Waals surface area contributed by atoms with Gasteiger partial charge in [0.2, 0.25) is 5.95 Å². The van der Waals surface area contributed by atoms with Gasteiger partial charge in [0, 0.05) is 19.5 Å². The molecule has 0 aromatic carbocycles. The third kappa shape index (κ3) is 2.22. The van der Waals surface area contributed by atoms with E-state index >= 15 is 0 Å². The van der Waals surface area contributed by atoms with Gasteiger partial charge in [-0.15, -0.1) is 11.3 Å². The molecule has 0 radical (unpaired) electrons. The standard InChI is InChI=1S/C11H13N7S/c1-12-11-15-9-8(3-14-17-9)10(16-11)18(2)4-7-5-19-6-13-7/h3,5-6H,4H2,1-2H3,(H2,12,14,15,16,17). The molecular weight excluding hydrogens is 262 g/mol. The zero-order chi connectivity index (χ0) is 13.2. The first-order valence-corrected chi connectivity index (χ1v) is 6.69. The lowest BCUT2D eigenvalue weighted by Crippen LogP contribution is -2.19. The molecule has 7 nitrogen and oxygen atoms in total. The Hall–Kier alpha value is -2.22. The smallest absolute Gasteiger partial charge is 0.226 e. The van der Waals surface area contributed by atoms with Crippen LogP contribution >= 0.6 is 11.3 Å². The van der Waals surface area contributed by atoms with Gasteiger partial charge in [0.05, 0.1) is 29.3 Å². The molecule has 8 heteroatoms. The zero-order valence-corrected chi connectivity index (χ0v) is 11.4. The van der Waals surface area contributed by atoms with Crippen LogP contribution in [0.1, 0.15) is 5.69 Å². The van der Waals surface area contributed by atoms with E-state index in [4.69, 9.17) is 0 Å². The van der Waals surface area contributed by atoms with Gasteiger partial charge in [-0.3, -0.25) is 5.10 Å². The molecule has 0 spiro atoms. The van der Waals surface area contributed by atoms with Gasteiger partial charge in [0.1, 0.15) is 5.82 Å². The van der Waals surface area contributed by atoms with Crippen molar-refractivity contribution in [1.29, 1.82) is 0 Å². The minimum absolute atomic E-state index is 0.567. The van der Waals surface area contributed by atoms with Crippen LogP contribution in [0.3, 0.4) is 0 Å². The van der Waals surface area contributed by atoms with Crippen molar-refractivity contribution in [2.45, 2.75) is 6.54 Å². The second-order valence-electron chi connectivity index (χ2n) is 4.09. The Morgan fingerprint density at radius 1 is 1.42 bits per heavy atom. The summed E-state index contributed by atoms with van der Waals surface area (Å²) >= 11 is 1.59. The maximum Gasteiger partial charge on any atom is 0.226 e. The summed E-state index contributed by atoms with van der Waals surface area (Å²) in [5, 5.41) is 12.8. The Bertz CT molecular complexity index is 675. The highest BCUT2D eigenvalue weighted by Gasteiger charge is 2.13. The number of aromatic amines is 1. The molecule has 0 aliphatic rings. The number of rotatable bonds is 4. The van der Waals surface area contributed by atoms with Crippen molar-refractivity contribution in [3.8, 4) is 0 Å². The molecule has 2 N–H and O–H groups in total. The summed E-state index contributed by atoms with van der Waals surface area (Å²) in [6, 6.07) is 0. The first-order valence-electron chi connectivity index (χ1n) is 5.75. The number of H-pyrrole nitrogens is 1. The molecule has 0 aliphatic carbocycles. The van der Waals surface area contributed by atoms with E-state index in [2.05, 4.69) is 30.5 Å². The molecule has 3 rings (SSSR count). The Morgan fingerprint density at radius 3 is 3.05 bits per heavy atom. The minimum Gasteiger partial charge on any atom is -0.357 e. The van der Waals surface area contributed by atoms with Gasteiger partial charge in [-0.25, -0.2) is 4.98 Å². The summed E-state index contributed by atoms with van der Waals surface area (Å²) < 4.78 is 0. The molecule has 0 amide bonds. The van der Waals surface area contributed by atoms with Crippen LogP contribution in [0.4, 0.5) is 11.8 Å². The number of aromatic nitrogens is 5. The molecule has 3 aromatic rings. The van der Waals surface area contributed by atoms with Gasteiger partial charge < -0.3 is 10.2 Å². The molecule has 0 fully saturated rings. The van der Waals surface area contributed by atoms with Crippen molar-refractivity contribution in [1.82, 2.24) is 25.1 Å². The fraction of sp³-hybridized carbons (Fsp3) is 0.273. The molecular formula is C11H13N7S. The van der Waals surface area contributed by atoms with Crippen LogP contribution in [0.5, 0.6) is 0 Å². The summed E-state index contributed by atoms with van der Waals surface area (Å²) in [7, 11) is 3.77. The van der Waals surface area contributed by atoms with Crippen LogP contribution in [0.2, 0.25) is 0 Å². The molecule has 0 aliphatic heterocycles. The van der Waals surface area contributed by atoms with Crippen LogP contribution in [0.25, 0.3) is 11.0 Å².